The maximum absolute atomic E-state index is 13.1. The lowest BCUT2D eigenvalue weighted by Crippen LogP contribution is -2.23. The minimum absolute atomic E-state index is 0.145. The van der Waals surface area contributed by atoms with E-state index in [2.05, 4.69) is 9.56 Å². The molecule has 1 fully saturated rings. The number of likely N-dealkylation sites (N-methyl/N-ethyl adjacent to an activating group) is 1. The molecular formula is C29H23Cl2N3O3S. The molecule has 0 atom stereocenters. The zero-order valence-electron chi connectivity index (χ0n) is 20.7. The van der Waals surface area contributed by atoms with Crippen molar-refractivity contribution in [3.8, 4) is 0 Å². The summed E-state index contributed by atoms with van der Waals surface area (Å²) in [6.45, 7) is 2.61. The second-order valence-electron chi connectivity index (χ2n) is 8.61. The molecule has 5 rings (SSSR count). The summed E-state index contributed by atoms with van der Waals surface area (Å²) in [4.78, 5) is 31.9. The zero-order chi connectivity index (χ0) is 26.8. The fraction of sp³-hybridized carbons (Fsp3) is 0.138. The Kier molecular flexibility index (Phi) is 7.61. The van der Waals surface area contributed by atoms with Gasteiger partial charge in [-0.05, 0) is 66.7 Å². The minimum atomic E-state index is -0.407. The van der Waals surface area contributed by atoms with E-state index in [1.54, 1.807) is 44.3 Å². The Labute approximate surface area is 234 Å². The highest BCUT2D eigenvalue weighted by molar-refractivity contribution is 8.18. The Morgan fingerprint density at radius 3 is 2.68 bits per heavy atom. The van der Waals surface area contributed by atoms with Gasteiger partial charge in [0.15, 0.2) is 5.17 Å². The number of aromatic nitrogens is 1. The number of rotatable bonds is 6. The summed E-state index contributed by atoms with van der Waals surface area (Å²) in [5, 5.41) is 2.74. The first-order valence-electron chi connectivity index (χ1n) is 11.9. The summed E-state index contributed by atoms with van der Waals surface area (Å²) in [5.41, 5.74) is 3.87. The molecule has 192 valence electrons. The molecule has 1 aliphatic rings. The lowest BCUT2D eigenvalue weighted by Gasteiger charge is -2.08. The van der Waals surface area contributed by atoms with Crippen LogP contribution in [0.5, 0.6) is 0 Å². The first-order chi connectivity index (χ1) is 18.3. The van der Waals surface area contributed by atoms with E-state index in [0.29, 0.717) is 44.5 Å². The Hall–Kier alpha value is -3.52. The van der Waals surface area contributed by atoms with Crippen LogP contribution in [-0.2, 0) is 16.1 Å². The monoisotopic (exact) mass is 563 g/mol. The van der Waals surface area contributed by atoms with Crippen LogP contribution in [0.15, 0.2) is 82.8 Å². The normalized spacial score (nSPS) is 15.7. The molecule has 0 N–H and O–H groups in total. The highest BCUT2D eigenvalue weighted by atomic mass is 35.5. The number of hydrogen-bond donors (Lipinski definition) is 0. The van der Waals surface area contributed by atoms with Crippen LogP contribution in [0.2, 0.25) is 10.0 Å². The lowest BCUT2D eigenvalue weighted by molar-refractivity contribution is -0.121. The van der Waals surface area contributed by atoms with Gasteiger partial charge in [-0.15, -0.1) is 0 Å². The van der Waals surface area contributed by atoms with Crippen molar-refractivity contribution in [1.29, 1.82) is 0 Å². The van der Waals surface area contributed by atoms with Crippen LogP contribution in [0, 0.1) is 0 Å². The number of ether oxygens (including phenoxy) is 1. The number of hydrogen-bond acceptors (Lipinski definition) is 5. The molecule has 2 heterocycles. The van der Waals surface area contributed by atoms with Gasteiger partial charge in [-0.1, -0.05) is 53.5 Å². The van der Waals surface area contributed by atoms with Gasteiger partial charge in [-0.2, -0.15) is 0 Å². The van der Waals surface area contributed by atoms with Gasteiger partial charge >= 0.3 is 5.97 Å². The molecular weight excluding hydrogens is 541 g/mol. The van der Waals surface area contributed by atoms with Gasteiger partial charge < -0.3 is 9.30 Å². The molecule has 4 aromatic rings. The lowest BCUT2D eigenvalue weighted by atomic mass is 10.1. The molecule has 1 saturated heterocycles. The van der Waals surface area contributed by atoms with Gasteiger partial charge in [-0.3, -0.25) is 9.69 Å². The number of halogens is 2. The van der Waals surface area contributed by atoms with Crippen molar-refractivity contribution in [3.05, 3.63) is 105 Å². The standard InChI is InChI=1S/C29H23Cl2N3O3S/c1-3-37-28(36)18-7-6-8-22(13-18)32-29-33(2)27(35)26(38-29)14-20-17-34(25-10-5-4-9-23(20)25)16-19-11-12-21(30)15-24(19)31/h4-15,17H,3,16H2,1-2H3. The van der Waals surface area contributed by atoms with Crippen LogP contribution in [0.25, 0.3) is 17.0 Å². The number of carbonyl (C=O) groups excluding carboxylic acids is 2. The predicted octanol–water partition coefficient (Wildman–Crippen LogP) is 7.41. The van der Waals surface area contributed by atoms with E-state index in [9.17, 15) is 9.59 Å². The third-order valence-electron chi connectivity index (χ3n) is 6.05. The summed E-state index contributed by atoms with van der Waals surface area (Å²) in [5.74, 6) is -0.553. The molecule has 0 unspecified atom stereocenters. The number of thioether (sulfide) groups is 1. The number of nitrogens with zero attached hydrogens (tertiary/aromatic N) is 3. The fourth-order valence-corrected chi connectivity index (χ4v) is 5.62. The first-order valence-corrected chi connectivity index (χ1v) is 13.5. The molecule has 1 aliphatic heterocycles. The smallest absolute Gasteiger partial charge is 0.338 e. The van der Waals surface area contributed by atoms with E-state index in [0.717, 1.165) is 22.0 Å². The highest BCUT2D eigenvalue weighted by Crippen LogP contribution is 2.35. The van der Waals surface area contributed by atoms with Crippen LogP contribution in [-0.4, -0.2) is 40.2 Å². The van der Waals surface area contributed by atoms with Crippen molar-refractivity contribution in [2.75, 3.05) is 13.7 Å². The summed E-state index contributed by atoms with van der Waals surface area (Å²) >= 11 is 13.8. The summed E-state index contributed by atoms with van der Waals surface area (Å²) in [6.07, 6.45) is 3.91. The number of carbonyl (C=O) groups is 2. The van der Waals surface area contributed by atoms with Gasteiger partial charge in [-0.25, -0.2) is 9.79 Å². The molecule has 0 aliphatic carbocycles. The summed E-state index contributed by atoms with van der Waals surface area (Å²) in [6, 6.07) is 20.4. The number of esters is 1. The Morgan fingerprint density at radius 1 is 1.08 bits per heavy atom. The van der Waals surface area contributed by atoms with E-state index in [1.807, 2.05) is 48.7 Å². The van der Waals surface area contributed by atoms with Crippen molar-refractivity contribution in [3.63, 3.8) is 0 Å². The molecule has 3 aromatic carbocycles. The van der Waals surface area contributed by atoms with E-state index in [-0.39, 0.29) is 5.91 Å². The molecule has 38 heavy (non-hydrogen) atoms. The number of fused-ring (bicyclic) bond motifs is 1. The van der Waals surface area contributed by atoms with Crippen LogP contribution < -0.4 is 0 Å². The van der Waals surface area contributed by atoms with Crippen LogP contribution in [0.1, 0.15) is 28.4 Å². The highest BCUT2D eigenvalue weighted by Gasteiger charge is 2.30. The molecule has 1 amide bonds. The van der Waals surface area contributed by atoms with Crippen molar-refractivity contribution >= 4 is 74.7 Å². The number of para-hydroxylation sites is 1. The molecule has 0 bridgehead atoms. The van der Waals surface area contributed by atoms with E-state index >= 15 is 0 Å². The topological polar surface area (TPSA) is 63.9 Å². The molecule has 1 aromatic heterocycles. The number of amides is 1. The van der Waals surface area contributed by atoms with Crippen molar-refractivity contribution in [2.24, 2.45) is 4.99 Å². The fourth-order valence-electron chi connectivity index (χ4n) is 4.17. The van der Waals surface area contributed by atoms with Crippen molar-refractivity contribution < 1.29 is 14.3 Å². The van der Waals surface area contributed by atoms with E-state index < -0.39 is 5.97 Å². The molecule has 0 saturated carbocycles. The second-order valence-corrected chi connectivity index (χ2v) is 10.5. The maximum atomic E-state index is 13.1. The first kappa shape index (κ1) is 26.1. The van der Waals surface area contributed by atoms with Crippen LogP contribution >= 0.6 is 35.0 Å². The Balaban J connectivity index is 1.46. The zero-order valence-corrected chi connectivity index (χ0v) is 23.0. The quantitative estimate of drug-likeness (QED) is 0.181. The van der Waals surface area contributed by atoms with Crippen LogP contribution in [0.3, 0.4) is 0 Å². The number of aliphatic imine (C=N–C) groups is 1. The van der Waals surface area contributed by atoms with E-state index in [1.165, 1.54) is 16.7 Å². The number of benzene rings is 3. The molecule has 0 radical (unpaired) electrons. The molecule has 6 nitrogen and oxygen atoms in total. The largest absolute Gasteiger partial charge is 0.462 e. The van der Waals surface area contributed by atoms with Gasteiger partial charge in [0.05, 0.1) is 22.8 Å². The third-order valence-corrected chi connectivity index (χ3v) is 7.69. The Bertz CT molecular complexity index is 1630. The van der Waals surface area contributed by atoms with Gasteiger partial charge in [0.2, 0.25) is 0 Å². The SMILES string of the molecule is CCOC(=O)c1cccc(N=C2SC(=Cc3cn(Cc4ccc(Cl)cc4Cl)c4ccccc34)C(=O)N2C)c1. The van der Waals surface area contributed by atoms with Crippen molar-refractivity contribution in [1.82, 2.24) is 9.47 Å². The second kappa shape index (κ2) is 11.1. The predicted molar refractivity (Wildman–Crippen MR) is 155 cm³/mol. The average molecular weight is 564 g/mol. The summed E-state index contributed by atoms with van der Waals surface area (Å²) < 4.78 is 7.19. The Morgan fingerprint density at radius 2 is 1.89 bits per heavy atom. The van der Waals surface area contributed by atoms with Crippen LogP contribution in [0.4, 0.5) is 5.69 Å². The van der Waals surface area contributed by atoms with Gasteiger partial charge in [0.1, 0.15) is 0 Å². The van der Waals surface area contributed by atoms with Crippen molar-refractivity contribution in [2.45, 2.75) is 13.5 Å². The maximum Gasteiger partial charge on any atom is 0.338 e. The molecule has 0 spiro atoms. The minimum Gasteiger partial charge on any atom is -0.462 e. The average Bonchev–Trinajstić information content (AvgIpc) is 3.38. The van der Waals surface area contributed by atoms with Gasteiger partial charge in [0.25, 0.3) is 5.91 Å². The van der Waals surface area contributed by atoms with E-state index in [4.69, 9.17) is 27.9 Å². The van der Waals surface area contributed by atoms with Gasteiger partial charge in [0, 0.05) is 46.3 Å². The third kappa shape index (κ3) is 5.36. The molecule has 9 heteroatoms. The summed E-state index contributed by atoms with van der Waals surface area (Å²) in [7, 11) is 1.69. The number of amidine groups is 1.